The minimum atomic E-state index is -0.778. The highest BCUT2D eigenvalue weighted by Crippen LogP contribution is 2.14. The molecule has 1 aliphatic rings. The van der Waals surface area contributed by atoms with Gasteiger partial charge in [0.25, 0.3) is 0 Å². The van der Waals surface area contributed by atoms with E-state index in [-0.39, 0.29) is 0 Å². The van der Waals surface area contributed by atoms with E-state index < -0.39 is 12.0 Å². The molecule has 1 saturated heterocycles. The van der Waals surface area contributed by atoms with Crippen LogP contribution in [0.5, 0.6) is 0 Å². The van der Waals surface area contributed by atoms with Gasteiger partial charge < -0.3 is 14.8 Å². The van der Waals surface area contributed by atoms with E-state index in [1.807, 2.05) is 24.0 Å². The smallest absolute Gasteiger partial charge is 0.322 e. The normalized spacial score (nSPS) is 21.6. The van der Waals surface area contributed by atoms with Crippen LogP contribution in [-0.2, 0) is 17.8 Å². The lowest BCUT2D eigenvalue weighted by Gasteiger charge is -2.32. The number of rotatable bonds is 4. The van der Waals surface area contributed by atoms with Crippen molar-refractivity contribution in [2.24, 2.45) is 0 Å². The molecule has 94 valence electrons. The molecule has 1 fully saturated rings. The van der Waals surface area contributed by atoms with Gasteiger partial charge in [-0.05, 0) is 12.1 Å². The fourth-order valence-electron chi connectivity index (χ4n) is 2.08. The Labute approximate surface area is 100 Å². The molecule has 0 amide bonds. The maximum atomic E-state index is 11.1. The summed E-state index contributed by atoms with van der Waals surface area (Å²) in [4.78, 5) is 13.0. The number of carbonyl (C=O) groups is 1. The van der Waals surface area contributed by atoms with Crippen molar-refractivity contribution in [2.75, 3.05) is 19.6 Å². The van der Waals surface area contributed by atoms with Crippen molar-refractivity contribution < 1.29 is 14.3 Å². The molecule has 2 N–H and O–H groups in total. The van der Waals surface area contributed by atoms with Crippen molar-refractivity contribution >= 4 is 5.97 Å². The van der Waals surface area contributed by atoms with E-state index in [0.29, 0.717) is 13.1 Å². The van der Waals surface area contributed by atoms with Crippen molar-refractivity contribution in [3.8, 4) is 0 Å². The molecule has 1 aromatic rings. The number of aryl methyl sites for hydroxylation is 1. The fourth-order valence-corrected chi connectivity index (χ4v) is 2.08. The van der Waals surface area contributed by atoms with Crippen LogP contribution < -0.4 is 5.32 Å². The first-order valence-corrected chi connectivity index (χ1v) is 5.96. The van der Waals surface area contributed by atoms with E-state index in [4.69, 9.17) is 9.52 Å². The summed E-state index contributed by atoms with van der Waals surface area (Å²) in [7, 11) is 0. The molecular formula is C12H18N2O3. The average molecular weight is 238 g/mol. The fraction of sp³-hybridized carbons (Fsp3) is 0.583. The lowest BCUT2D eigenvalue weighted by atomic mass is 10.2. The van der Waals surface area contributed by atoms with Crippen LogP contribution in [0.4, 0.5) is 0 Å². The Kier molecular flexibility index (Phi) is 3.81. The largest absolute Gasteiger partial charge is 0.480 e. The predicted molar refractivity (Wildman–Crippen MR) is 62.8 cm³/mol. The van der Waals surface area contributed by atoms with Gasteiger partial charge in [-0.25, -0.2) is 0 Å². The van der Waals surface area contributed by atoms with E-state index in [1.54, 1.807) is 0 Å². The minimum Gasteiger partial charge on any atom is -0.480 e. The molecule has 5 nitrogen and oxygen atoms in total. The van der Waals surface area contributed by atoms with E-state index in [2.05, 4.69) is 5.32 Å². The molecular weight excluding hydrogens is 220 g/mol. The van der Waals surface area contributed by atoms with Gasteiger partial charge in [-0.3, -0.25) is 9.69 Å². The topological polar surface area (TPSA) is 65.7 Å². The quantitative estimate of drug-likeness (QED) is 0.808. The SMILES string of the molecule is CCc1ccc(CN2CCNCC2C(=O)O)o1. The maximum absolute atomic E-state index is 11.1. The lowest BCUT2D eigenvalue weighted by molar-refractivity contribution is -0.144. The first-order valence-electron chi connectivity index (χ1n) is 5.96. The lowest BCUT2D eigenvalue weighted by Crippen LogP contribution is -2.54. The Hall–Kier alpha value is -1.33. The third-order valence-electron chi connectivity index (χ3n) is 3.06. The highest BCUT2D eigenvalue weighted by atomic mass is 16.4. The zero-order chi connectivity index (χ0) is 12.3. The monoisotopic (exact) mass is 238 g/mol. The van der Waals surface area contributed by atoms with E-state index in [1.165, 1.54) is 0 Å². The standard InChI is InChI=1S/C12H18N2O3/c1-2-9-3-4-10(17-9)8-14-6-5-13-7-11(14)12(15)16/h3-4,11,13H,2,5-8H2,1H3,(H,15,16). The minimum absolute atomic E-state index is 0.459. The predicted octanol–water partition coefficient (Wildman–Crippen LogP) is 0.700. The zero-order valence-corrected chi connectivity index (χ0v) is 9.98. The van der Waals surface area contributed by atoms with Gasteiger partial charge in [-0.1, -0.05) is 6.92 Å². The second-order valence-corrected chi connectivity index (χ2v) is 4.25. The second-order valence-electron chi connectivity index (χ2n) is 4.25. The third kappa shape index (κ3) is 2.87. The van der Waals surface area contributed by atoms with Gasteiger partial charge in [0.1, 0.15) is 17.6 Å². The summed E-state index contributed by atoms with van der Waals surface area (Å²) in [5.41, 5.74) is 0. The number of aliphatic carboxylic acids is 1. The summed E-state index contributed by atoms with van der Waals surface area (Å²) < 4.78 is 5.61. The number of piperazine rings is 1. The van der Waals surface area contributed by atoms with Gasteiger partial charge in [0.2, 0.25) is 0 Å². The molecule has 1 aromatic heterocycles. The van der Waals surface area contributed by atoms with Crippen LogP contribution in [0, 0.1) is 0 Å². The van der Waals surface area contributed by atoms with E-state index in [9.17, 15) is 4.79 Å². The molecule has 2 rings (SSSR count). The summed E-state index contributed by atoms with van der Waals surface area (Å²) >= 11 is 0. The summed E-state index contributed by atoms with van der Waals surface area (Å²) in [6, 6.07) is 3.42. The van der Waals surface area contributed by atoms with Crippen LogP contribution in [0.2, 0.25) is 0 Å². The van der Waals surface area contributed by atoms with Crippen LogP contribution in [0.3, 0.4) is 0 Å². The summed E-state index contributed by atoms with van der Waals surface area (Å²) in [6.07, 6.45) is 0.865. The summed E-state index contributed by atoms with van der Waals surface area (Å²) in [5, 5.41) is 12.2. The van der Waals surface area contributed by atoms with Crippen molar-refractivity contribution in [2.45, 2.75) is 25.9 Å². The molecule has 0 aromatic carbocycles. The number of carboxylic acids is 1. The highest BCUT2D eigenvalue weighted by molar-refractivity contribution is 5.73. The second kappa shape index (κ2) is 5.33. The Bertz CT molecular complexity index is 389. The average Bonchev–Trinajstić information content (AvgIpc) is 2.77. The number of nitrogens with one attached hydrogen (secondary N) is 1. The molecule has 17 heavy (non-hydrogen) atoms. The summed E-state index contributed by atoms with van der Waals surface area (Å²) in [5.74, 6) is 1.01. The first kappa shape index (κ1) is 12.1. The Morgan fingerprint density at radius 3 is 3.00 bits per heavy atom. The van der Waals surface area contributed by atoms with Crippen LogP contribution in [0.25, 0.3) is 0 Å². The third-order valence-corrected chi connectivity index (χ3v) is 3.06. The highest BCUT2D eigenvalue weighted by Gasteiger charge is 2.28. The molecule has 0 aliphatic carbocycles. The molecule has 0 saturated carbocycles. The van der Waals surface area contributed by atoms with Gasteiger partial charge in [-0.15, -0.1) is 0 Å². The molecule has 2 heterocycles. The molecule has 1 aliphatic heterocycles. The molecule has 0 bridgehead atoms. The summed E-state index contributed by atoms with van der Waals surface area (Å²) in [6.45, 7) is 4.66. The molecule has 1 unspecified atom stereocenters. The van der Waals surface area contributed by atoms with Crippen molar-refractivity contribution in [1.29, 1.82) is 0 Å². The number of hydrogen-bond donors (Lipinski definition) is 2. The Morgan fingerprint density at radius 2 is 2.35 bits per heavy atom. The van der Waals surface area contributed by atoms with Crippen molar-refractivity contribution in [3.05, 3.63) is 23.7 Å². The Morgan fingerprint density at radius 1 is 1.59 bits per heavy atom. The number of hydrogen-bond acceptors (Lipinski definition) is 4. The van der Waals surface area contributed by atoms with Gasteiger partial charge in [0, 0.05) is 26.1 Å². The molecule has 5 heteroatoms. The zero-order valence-electron chi connectivity index (χ0n) is 9.98. The van der Waals surface area contributed by atoms with Crippen LogP contribution in [0.1, 0.15) is 18.4 Å². The molecule has 0 spiro atoms. The van der Waals surface area contributed by atoms with E-state index >= 15 is 0 Å². The number of carboxylic acid groups (broad SMARTS) is 1. The molecule has 1 atom stereocenters. The van der Waals surface area contributed by atoms with Gasteiger partial charge in [-0.2, -0.15) is 0 Å². The van der Waals surface area contributed by atoms with Crippen LogP contribution in [-0.4, -0.2) is 41.7 Å². The number of furan rings is 1. The van der Waals surface area contributed by atoms with Gasteiger partial charge in [0.15, 0.2) is 0 Å². The van der Waals surface area contributed by atoms with Crippen LogP contribution >= 0.6 is 0 Å². The van der Waals surface area contributed by atoms with Crippen molar-refractivity contribution in [1.82, 2.24) is 10.2 Å². The van der Waals surface area contributed by atoms with Crippen LogP contribution in [0.15, 0.2) is 16.5 Å². The van der Waals surface area contributed by atoms with E-state index in [0.717, 1.165) is 31.0 Å². The Balaban J connectivity index is 2.02. The maximum Gasteiger partial charge on any atom is 0.322 e. The molecule has 0 radical (unpaired) electrons. The van der Waals surface area contributed by atoms with Gasteiger partial charge >= 0.3 is 5.97 Å². The van der Waals surface area contributed by atoms with Crippen molar-refractivity contribution in [3.63, 3.8) is 0 Å². The van der Waals surface area contributed by atoms with Gasteiger partial charge in [0.05, 0.1) is 6.54 Å². The number of nitrogens with zero attached hydrogens (tertiary/aromatic N) is 1. The first-order chi connectivity index (χ1) is 8.20.